The zero-order valence-corrected chi connectivity index (χ0v) is 9.87. The maximum absolute atomic E-state index is 5.49. The van der Waals surface area contributed by atoms with Crippen molar-refractivity contribution in [2.24, 2.45) is 0 Å². The summed E-state index contributed by atoms with van der Waals surface area (Å²) in [6, 6.07) is 11.9. The first-order chi connectivity index (χ1) is 7.79. The van der Waals surface area contributed by atoms with E-state index in [1.807, 2.05) is 17.8 Å². The standard InChI is InChI=1S/C12H13N3S/c1-2-16-10-5-3-9(4-6-10)11-7-8-12(13)15-14-11/h3-8H,2H2,1H3,(H2,13,15). The summed E-state index contributed by atoms with van der Waals surface area (Å²) in [7, 11) is 0. The van der Waals surface area contributed by atoms with Crippen LogP contribution >= 0.6 is 11.8 Å². The Labute approximate surface area is 99.1 Å². The van der Waals surface area contributed by atoms with Gasteiger partial charge in [0.25, 0.3) is 0 Å². The minimum Gasteiger partial charge on any atom is -0.382 e. The summed E-state index contributed by atoms with van der Waals surface area (Å²) in [6.07, 6.45) is 0. The van der Waals surface area contributed by atoms with E-state index >= 15 is 0 Å². The van der Waals surface area contributed by atoms with Crippen molar-refractivity contribution in [1.29, 1.82) is 0 Å². The molecule has 0 radical (unpaired) electrons. The molecule has 0 spiro atoms. The lowest BCUT2D eigenvalue weighted by atomic mass is 10.1. The summed E-state index contributed by atoms with van der Waals surface area (Å²) in [5.41, 5.74) is 7.40. The second kappa shape index (κ2) is 4.99. The highest BCUT2D eigenvalue weighted by Crippen LogP contribution is 2.22. The van der Waals surface area contributed by atoms with E-state index in [0.29, 0.717) is 5.82 Å². The molecule has 2 N–H and O–H groups in total. The first-order valence-corrected chi connectivity index (χ1v) is 6.10. The summed E-state index contributed by atoms with van der Waals surface area (Å²) in [5, 5.41) is 7.88. The molecule has 0 aliphatic heterocycles. The number of nitrogens with two attached hydrogens (primary N) is 1. The third kappa shape index (κ3) is 2.52. The molecule has 0 amide bonds. The maximum atomic E-state index is 5.49. The summed E-state index contributed by atoms with van der Waals surface area (Å²) in [4.78, 5) is 1.27. The van der Waals surface area contributed by atoms with Gasteiger partial charge in [-0.2, -0.15) is 0 Å². The average molecular weight is 231 g/mol. The number of nitrogen functional groups attached to an aromatic ring is 1. The highest BCUT2D eigenvalue weighted by molar-refractivity contribution is 7.99. The molecule has 0 saturated heterocycles. The number of anilines is 1. The second-order valence-corrected chi connectivity index (χ2v) is 4.64. The number of thioether (sulfide) groups is 1. The van der Waals surface area contributed by atoms with Crippen LogP contribution in [0.25, 0.3) is 11.3 Å². The van der Waals surface area contributed by atoms with Crippen LogP contribution in [-0.2, 0) is 0 Å². The van der Waals surface area contributed by atoms with Gasteiger partial charge in [-0.05, 0) is 30.0 Å². The summed E-state index contributed by atoms with van der Waals surface area (Å²) >= 11 is 1.83. The molecule has 0 unspecified atom stereocenters. The van der Waals surface area contributed by atoms with E-state index in [0.717, 1.165) is 17.0 Å². The Hall–Kier alpha value is -1.55. The number of hydrogen-bond donors (Lipinski definition) is 1. The molecule has 2 rings (SSSR count). The van der Waals surface area contributed by atoms with Crippen molar-refractivity contribution in [2.75, 3.05) is 11.5 Å². The molecule has 16 heavy (non-hydrogen) atoms. The minimum absolute atomic E-state index is 0.446. The lowest BCUT2D eigenvalue weighted by Crippen LogP contribution is -1.93. The van der Waals surface area contributed by atoms with Crippen LogP contribution in [0.5, 0.6) is 0 Å². The molecule has 4 heteroatoms. The van der Waals surface area contributed by atoms with Crippen LogP contribution in [0.1, 0.15) is 6.92 Å². The Balaban J connectivity index is 2.24. The molecule has 1 aromatic heterocycles. The predicted molar refractivity (Wildman–Crippen MR) is 68.3 cm³/mol. The first kappa shape index (κ1) is 11.0. The highest BCUT2D eigenvalue weighted by Gasteiger charge is 2.00. The van der Waals surface area contributed by atoms with Gasteiger partial charge in [0.15, 0.2) is 0 Å². The van der Waals surface area contributed by atoms with Gasteiger partial charge in [0.2, 0.25) is 0 Å². The molecule has 0 saturated carbocycles. The van der Waals surface area contributed by atoms with Crippen molar-refractivity contribution in [3.63, 3.8) is 0 Å². The van der Waals surface area contributed by atoms with E-state index in [1.54, 1.807) is 6.07 Å². The molecule has 2 aromatic rings. The molecular weight excluding hydrogens is 218 g/mol. The van der Waals surface area contributed by atoms with Crippen LogP contribution in [0.4, 0.5) is 5.82 Å². The molecule has 0 bridgehead atoms. The van der Waals surface area contributed by atoms with E-state index in [4.69, 9.17) is 5.73 Å². The van der Waals surface area contributed by atoms with Gasteiger partial charge in [-0.3, -0.25) is 0 Å². The summed E-state index contributed by atoms with van der Waals surface area (Å²) < 4.78 is 0. The molecule has 0 aliphatic rings. The van der Waals surface area contributed by atoms with Gasteiger partial charge < -0.3 is 5.73 Å². The van der Waals surface area contributed by atoms with Crippen molar-refractivity contribution in [2.45, 2.75) is 11.8 Å². The van der Waals surface area contributed by atoms with Crippen LogP contribution in [-0.4, -0.2) is 16.0 Å². The maximum Gasteiger partial charge on any atom is 0.146 e. The fourth-order valence-electron chi connectivity index (χ4n) is 1.39. The van der Waals surface area contributed by atoms with Crippen LogP contribution in [0.15, 0.2) is 41.3 Å². The number of benzene rings is 1. The van der Waals surface area contributed by atoms with Crippen LogP contribution in [0.3, 0.4) is 0 Å². The molecule has 82 valence electrons. The Morgan fingerprint density at radius 1 is 1.06 bits per heavy atom. The molecule has 0 atom stereocenters. The van der Waals surface area contributed by atoms with E-state index < -0.39 is 0 Å². The van der Waals surface area contributed by atoms with E-state index in [-0.39, 0.29) is 0 Å². The molecule has 1 heterocycles. The number of hydrogen-bond acceptors (Lipinski definition) is 4. The molecule has 3 nitrogen and oxygen atoms in total. The van der Waals surface area contributed by atoms with Gasteiger partial charge >= 0.3 is 0 Å². The van der Waals surface area contributed by atoms with Gasteiger partial charge in [-0.15, -0.1) is 22.0 Å². The van der Waals surface area contributed by atoms with E-state index in [1.165, 1.54) is 4.90 Å². The van der Waals surface area contributed by atoms with Crippen LogP contribution in [0.2, 0.25) is 0 Å². The first-order valence-electron chi connectivity index (χ1n) is 5.12. The quantitative estimate of drug-likeness (QED) is 0.825. The number of rotatable bonds is 3. The van der Waals surface area contributed by atoms with Gasteiger partial charge in [0.05, 0.1) is 5.69 Å². The van der Waals surface area contributed by atoms with Crippen molar-refractivity contribution in [3.05, 3.63) is 36.4 Å². The monoisotopic (exact) mass is 231 g/mol. The Morgan fingerprint density at radius 2 is 1.81 bits per heavy atom. The highest BCUT2D eigenvalue weighted by atomic mass is 32.2. The topological polar surface area (TPSA) is 51.8 Å². The lowest BCUT2D eigenvalue weighted by Gasteiger charge is -2.02. The zero-order valence-electron chi connectivity index (χ0n) is 9.05. The van der Waals surface area contributed by atoms with Gasteiger partial charge in [0, 0.05) is 10.5 Å². The van der Waals surface area contributed by atoms with E-state index in [9.17, 15) is 0 Å². The third-order valence-electron chi connectivity index (χ3n) is 2.15. The molecule has 0 fully saturated rings. The molecular formula is C12H13N3S. The van der Waals surface area contributed by atoms with Crippen LogP contribution < -0.4 is 5.73 Å². The predicted octanol–water partition coefficient (Wildman–Crippen LogP) is 2.84. The van der Waals surface area contributed by atoms with Crippen LogP contribution in [0, 0.1) is 0 Å². The second-order valence-electron chi connectivity index (χ2n) is 3.30. The van der Waals surface area contributed by atoms with Crippen molar-refractivity contribution >= 4 is 17.6 Å². The van der Waals surface area contributed by atoms with E-state index in [2.05, 4.69) is 41.4 Å². The SMILES string of the molecule is CCSc1ccc(-c2ccc(N)nn2)cc1. The van der Waals surface area contributed by atoms with Crippen molar-refractivity contribution in [1.82, 2.24) is 10.2 Å². The zero-order chi connectivity index (χ0) is 11.4. The lowest BCUT2D eigenvalue weighted by molar-refractivity contribution is 1.05. The van der Waals surface area contributed by atoms with Crippen molar-refractivity contribution in [3.8, 4) is 11.3 Å². The molecule has 0 aliphatic carbocycles. The number of aromatic nitrogens is 2. The van der Waals surface area contributed by atoms with Gasteiger partial charge in [0.1, 0.15) is 5.82 Å². The fourth-order valence-corrected chi connectivity index (χ4v) is 2.05. The molecule has 1 aromatic carbocycles. The average Bonchev–Trinajstić information content (AvgIpc) is 2.32. The van der Waals surface area contributed by atoms with Gasteiger partial charge in [-0.25, -0.2) is 0 Å². The van der Waals surface area contributed by atoms with Crippen molar-refractivity contribution < 1.29 is 0 Å². The fraction of sp³-hybridized carbons (Fsp3) is 0.167. The minimum atomic E-state index is 0.446. The Kier molecular flexibility index (Phi) is 3.41. The summed E-state index contributed by atoms with van der Waals surface area (Å²) in [5.74, 6) is 1.53. The Morgan fingerprint density at radius 3 is 2.38 bits per heavy atom. The summed E-state index contributed by atoms with van der Waals surface area (Å²) in [6.45, 7) is 2.14. The Bertz CT molecular complexity index is 451. The largest absolute Gasteiger partial charge is 0.382 e. The normalized spacial score (nSPS) is 10.3. The third-order valence-corrected chi connectivity index (χ3v) is 3.04. The number of nitrogens with zero attached hydrogens (tertiary/aromatic N) is 2. The smallest absolute Gasteiger partial charge is 0.146 e. The van der Waals surface area contributed by atoms with Gasteiger partial charge in [-0.1, -0.05) is 19.1 Å².